The fourth-order valence-corrected chi connectivity index (χ4v) is 1.66. The molecule has 0 radical (unpaired) electrons. The predicted molar refractivity (Wildman–Crippen MR) is 71.2 cm³/mol. The van der Waals surface area contributed by atoms with Gasteiger partial charge in [0.05, 0.1) is 17.9 Å². The summed E-state index contributed by atoms with van der Waals surface area (Å²) in [5.41, 5.74) is 1.08. The topological polar surface area (TPSA) is 54.0 Å². The van der Waals surface area contributed by atoms with Crippen molar-refractivity contribution in [3.8, 4) is 0 Å². The number of carbonyl (C=O) groups is 1. The van der Waals surface area contributed by atoms with Crippen molar-refractivity contribution in [2.75, 3.05) is 5.32 Å². The summed E-state index contributed by atoms with van der Waals surface area (Å²) < 4.78 is 13.3. The van der Waals surface area contributed by atoms with Crippen LogP contribution in [0.1, 0.15) is 18.5 Å². The Labute approximate surface area is 110 Å². The van der Waals surface area contributed by atoms with Gasteiger partial charge < -0.3 is 10.6 Å². The molecule has 0 spiro atoms. The minimum Gasteiger partial charge on any atom is -0.331 e. The summed E-state index contributed by atoms with van der Waals surface area (Å²) in [6.45, 7) is 1.86. The molecule has 1 aromatic heterocycles. The normalized spacial score (nSPS) is 11.7. The number of aromatic nitrogens is 1. The third-order valence-corrected chi connectivity index (χ3v) is 2.67. The van der Waals surface area contributed by atoms with E-state index in [1.54, 1.807) is 0 Å². The summed E-state index contributed by atoms with van der Waals surface area (Å²) >= 11 is 0. The Morgan fingerprint density at radius 1 is 1.26 bits per heavy atom. The number of urea groups is 1. The molecule has 1 aromatic carbocycles. The summed E-state index contributed by atoms with van der Waals surface area (Å²) in [6.07, 6.45) is 2.47. The number of halogens is 1. The first-order valence-electron chi connectivity index (χ1n) is 5.89. The van der Waals surface area contributed by atoms with Crippen molar-refractivity contribution in [3.05, 3.63) is 60.2 Å². The van der Waals surface area contributed by atoms with Crippen LogP contribution in [0.5, 0.6) is 0 Å². The van der Waals surface area contributed by atoms with Gasteiger partial charge in [-0.3, -0.25) is 4.98 Å². The van der Waals surface area contributed by atoms with Crippen LogP contribution in [0.4, 0.5) is 14.9 Å². The molecule has 4 nitrogen and oxygen atoms in total. The highest BCUT2D eigenvalue weighted by molar-refractivity contribution is 5.89. The van der Waals surface area contributed by atoms with Crippen molar-refractivity contribution in [1.82, 2.24) is 10.3 Å². The molecule has 0 fully saturated rings. The maximum Gasteiger partial charge on any atom is 0.319 e. The van der Waals surface area contributed by atoms with E-state index < -0.39 is 11.8 Å². The Hall–Kier alpha value is -2.43. The average Bonchev–Trinajstić information content (AvgIpc) is 2.42. The number of nitrogens with zero attached hydrogens (tertiary/aromatic N) is 1. The number of nitrogens with one attached hydrogen (secondary N) is 2. The van der Waals surface area contributed by atoms with Gasteiger partial charge in [0.15, 0.2) is 5.82 Å². The quantitative estimate of drug-likeness (QED) is 0.889. The van der Waals surface area contributed by atoms with Gasteiger partial charge in [0.2, 0.25) is 0 Å². The number of benzene rings is 1. The van der Waals surface area contributed by atoms with Gasteiger partial charge in [-0.2, -0.15) is 0 Å². The van der Waals surface area contributed by atoms with Crippen LogP contribution < -0.4 is 10.6 Å². The molecule has 0 bridgehead atoms. The Bertz CT molecular complexity index is 560. The Morgan fingerprint density at radius 2 is 2.00 bits per heavy atom. The number of amides is 2. The number of carbonyl (C=O) groups excluding carboxylic acids is 1. The lowest BCUT2D eigenvalue weighted by Gasteiger charge is -2.15. The van der Waals surface area contributed by atoms with Crippen molar-refractivity contribution < 1.29 is 9.18 Å². The molecular formula is C14H14FN3O. The van der Waals surface area contributed by atoms with Crippen LogP contribution in [0.15, 0.2) is 48.8 Å². The molecule has 0 saturated carbocycles. The fourth-order valence-electron chi connectivity index (χ4n) is 1.66. The van der Waals surface area contributed by atoms with Crippen LogP contribution in [-0.2, 0) is 0 Å². The van der Waals surface area contributed by atoms with Gasteiger partial charge in [0.1, 0.15) is 0 Å². The van der Waals surface area contributed by atoms with E-state index in [4.69, 9.17) is 0 Å². The van der Waals surface area contributed by atoms with Crippen LogP contribution in [0.2, 0.25) is 0 Å². The zero-order valence-corrected chi connectivity index (χ0v) is 10.4. The molecule has 1 atom stereocenters. The zero-order chi connectivity index (χ0) is 13.7. The number of rotatable bonds is 3. The summed E-state index contributed by atoms with van der Waals surface area (Å²) in [6, 6.07) is 10.3. The van der Waals surface area contributed by atoms with Crippen LogP contribution in [-0.4, -0.2) is 11.0 Å². The summed E-state index contributed by atoms with van der Waals surface area (Å²) in [5.74, 6) is -0.565. The Morgan fingerprint density at radius 3 is 2.68 bits per heavy atom. The van der Waals surface area contributed by atoms with Crippen molar-refractivity contribution in [1.29, 1.82) is 0 Å². The van der Waals surface area contributed by atoms with E-state index in [0.717, 1.165) is 11.8 Å². The van der Waals surface area contributed by atoms with Crippen molar-refractivity contribution >= 4 is 11.7 Å². The number of anilines is 1. The van der Waals surface area contributed by atoms with E-state index in [1.165, 1.54) is 12.3 Å². The molecule has 0 saturated heterocycles. The summed E-state index contributed by atoms with van der Waals surface area (Å²) in [4.78, 5) is 15.4. The second-order valence-electron chi connectivity index (χ2n) is 4.09. The van der Waals surface area contributed by atoms with Crippen molar-refractivity contribution in [3.63, 3.8) is 0 Å². The molecule has 0 unspecified atom stereocenters. The van der Waals surface area contributed by atoms with Crippen molar-refractivity contribution in [2.24, 2.45) is 0 Å². The number of hydrogen-bond donors (Lipinski definition) is 2. The van der Waals surface area contributed by atoms with Gasteiger partial charge in [-0.1, -0.05) is 30.3 Å². The largest absolute Gasteiger partial charge is 0.331 e. The molecule has 2 N–H and O–H groups in total. The third kappa shape index (κ3) is 3.51. The highest BCUT2D eigenvalue weighted by atomic mass is 19.1. The first-order chi connectivity index (χ1) is 9.16. The van der Waals surface area contributed by atoms with Gasteiger partial charge in [-0.25, -0.2) is 9.18 Å². The van der Waals surface area contributed by atoms with Crippen LogP contribution >= 0.6 is 0 Å². The highest BCUT2D eigenvalue weighted by Crippen LogP contribution is 2.13. The van der Waals surface area contributed by atoms with E-state index in [0.29, 0.717) is 0 Å². The number of hydrogen-bond acceptors (Lipinski definition) is 2. The molecule has 5 heteroatoms. The average molecular weight is 259 g/mol. The highest BCUT2D eigenvalue weighted by Gasteiger charge is 2.10. The third-order valence-electron chi connectivity index (χ3n) is 2.67. The maximum atomic E-state index is 13.3. The van der Waals surface area contributed by atoms with Gasteiger partial charge in [0, 0.05) is 6.20 Å². The monoisotopic (exact) mass is 259 g/mol. The molecule has 2 amide bonds. The Balaban J connectivity index is 1.97. The second-order valence-corrected chi connectivity index (χ2v) is 4.09. The second kappa shape index (κ2) is 5.95. The standard InChI is InChI=1S/C14H14FN3O/c1-10(11-5-3-2-4-6-11)17-14(19)18-13-7-8-16-9-12(13)15/h2-10H,1H3,(H2,16,17,18,19)/t10-/m1/s1. The van der Waals surface area contributed by atoms with Crippen LogP contribution in [0.3, 0.4) is 0 Å². The molecular weight excluding hydrogens is 245 g/mol. The molecule has 0 aliphatic heterocycles. The van der Waals surface area contributed by atoms with E-state index >= 15 is 0 Å². The lowest BCUT2D eigenvalue weighted by Crippen LogP contribution is -2.31. The number of pyridine rings is 1. The SMILES string of the molecule is C[C@@H](NC(=O)Nc1ccncc1F)c1ccccc1. The lowest BCUT2D eigenvalue weighted by atomic mass is 10.1. The maximum absolute atomic E-state index is 13.3. The van der Waals surface area contributed by atoms with Crippen LogP contribution in [0.25, 0.3) is 0 Å². The molecule has 19 heavy (non-hydrogen) atoms. The van der Waals surface area contributed by atoms with Crippen molar-refractivity contribution in [2.45, 2.75) is 13.0 Å². The van der Waals surface area contributed by atoms with E-state index in [1.807, 2.05) is 37.3 Å². The molecule has 2 aromatic rings. The molecule has 0 aliphatic rings. The minimum atomic E-state index is -0.565. The minimum absolute atomic E-state index is 0.104. The first-order valence-corrected chi connectivity index (χ1v) is 5.89. The molecule has 1 heterocycles. The van der Waals surface area contributed by atoms with Gasteiger partial charge in [-0.15, -0.1) is 0 Å². The summed E-state index contributed by atoms with van der Waals surface area (Å²) in [5, 5.41) is 5.18. The first kappa shape index (κ1) is 13.0. The van der Waals surface area contributed by atoms with Crippen LogP contribution in [0, 0.1) is 5.82 Å². The fraction of sp³-hybridized carbons (Fsp3) is 0.143. The van der Waals surface area contributed by atoms with Gasteiger partial charge in [-0.05, 0) is 18.6 Å². The van der Waals surface area contributed by atoms with E-state index in [2.05, 4.69) is 15.6 Å². The van der Waals surface area contributed by atoms with E-state index in [-0.39, 0.29) is 11.7 Å². The zero-order valence-electron chi connectivity index (χ0n) is 10.4. The van der Waals surface area contributed by atoms with E-state index in [9.17, 15) is 9.18 Å². The smallest absolute Gasteiger partial charge is 0.319 e. The summed E-state index contributed by atoms with van der Waals surface area (Å²) in [7, 11) is 0. The molecule has 0 aliphatic carbocycles. The Kier molecular flexibility index (Phi) is 4.07. The molecule has 2 rings (SSSR count). The lowest BCUT2D eigenvalue weighted by molar-refractivity contribution is 0.249. The molecule has 98 valence electrons. The van der Waals surface area contributed by atoms with Gasteiger partial charge >= 0.3 is 6.03 Å². The van der Waals surface area contributed by atoms with Gasteiger partial charge in [0.25, 0.3) is 0 Å². The predicted octanol–water partition coefficient (Wildman–Crippen LogP) is 3.10.